The average Bonchev–Trinajstić information content (AvgIpc) is 2.81. The molecule has 1 N–H and O–H groups in total. The molecule has 3 atom stereocenters. The van der Waals surface area contributed by atoms with E-state index in [1.165, 1.54) is 6.92 Å². The van der Waals surface area contributed by atoms with Crippen molar-refractivity contribution in [3.8, 4) is 0 Å². The quantitative estimate of drug-likeness (QED) is 0.313. The summed E-state index contributed by atoms with van der Waals surface area (Å²) in [5.74, 6) is -4.68. The van der Waals surface area contributed by atoms with E-state index in [2.05, 4.69) is 4.74 Å². The van der Waals surface area contributed by atoms with Crippen LogP contribution in [0.4, 0.5) is 50.0 Å². The number of ether oxygens (including phenoxy) is 1. The van der Waals surface area contributed by atoms with Gasteiger partial charge < -0.3 is 9.84 Å². The van der Waals surface area contributed by atoms with Gasteiger partial charge in [-0.3, -0.25) is 9.69 Å². The topological polar surface area (TPSA) is 66.8 Å². The minimum atomic E-state index is -5.25. The first-order chi connectivity index (χ1) is 17.4. The third kappa shape index (κ3) is 5.68. The lowest BCUT2D eigenvalue weighted by molar-refractivity contribution is -0.146. The highest BCUT2D eigenvalue weighted by atomic mass is 19.4. The van der Waals surface area contributed by atoms with Crippen LogP contribution in [0.15, 0.2) is 36.4 Å². The van der Waals surface area contributed by atoms with Gasteiger partial charge in [0.2, 0.25) is 0 Å². The third-order valence-corrected chi connectivity index (χ3v) is 6.41. The van der Waals surface area contributed by atoms with E-state index >= 15 is 0 Å². The first-order valence-electron chi connectivity index (χ1n) is 11.0. The van der Waals surface area contributed by atoms with Crippen molar-refractivity contribution in [2.75, 3.05) is 12.0 Å². The Hall–Kier alpha value is -3.45. The molecule has 1 aliphatic rings. The van der Waals surface area contributed by atoms with Crippen molar-refractivity contribution in [2.24, 2.45) is 0 Å². The molecule has 0 aliphatic carbocycles. The molecule has 1 heterocycles. The van der Waals surface area contributed by atoms with E-state index in [0.717, 1.165) is 18.1 Å². The van der Waals surface area contributed by atoms with E-state index in [1.54, 1.807) is 0 Å². The lowest BCUT2D eigenvalue weighted by atomic mass is 9.73. The molecule has 0 saturated carbocycles. The lowest BCUT2D eigenvalue weighted by Gasteiger charge is -2.41. The second-order valence-corrected chi connectivity index (χ2v) is 8.67. The van der Waals surface area contributed by atoms with Crippen molar-refractivity contribution >= 4 is 17.7 Å². The zero-order valence-electron chi connectivity index (χ0n) is 19.6. The van der Waals surface area contributed by atoms with Gasteiger partial charge in [0, 0.05) is 12.0 Å². The average molecular weight is 557 g/mol. The number of esters is 1. The zero-order chi connectivity index (χ0) is 28.8. The Balaban J connectivity index is 2.36. The van der Waals surface area contributed by atoms with Crippen LogP contribution in [-0.4, -0.2) is 30.3 Å². The molecule has 0 fully saturated rings. The number of hydrogen-bond donors (Lipinski definition) is 1. The number of hydrogen-bond acceptors (Lipinski definition) is 3. The molecule has 3 rings (SSSR count). The van der Waals surface area contributed by atoms with Crippen LogP contribution in [0.2, 0.25) is 0 Å². The second kappa shape index (κ2) is 10.0. The van der Waals surface area contributed by atoms with Crippen molar-refractivity contribution in [3.63, 3.8) is 0 Å². The van der Waals surface area contributed by atoms with Gasteiger partial charge in [-0.2, -0.15) is 39.5 Å². The van der Waals surface area contributed by atoms with Crippen molar-refractivity contribution in [3.05, 3.63) is 64.2 Å². The molecule has 2 aromatic rings. The van der Waals surface area contributed by atoms with E-state index in [-0.39, 0.29) is 30.2 Å². The molecule has 208 valence electrons. The molecule has 0 aromatic heterocycles. The number of nitrogens with zero attached hydrogens (tertiary/aromatic N) is 1. The van der Waals surface area contributed by atoms with Crippen LogP contribution < -0.4 is 4.90 Å². The van der Waals surface area contributed by atoms with Crippen LogP contribution in [0.25, 0.3) is 0 Å². The number of carbonyl (C=O) groups is 2. The van der Waals surface area contributed by atoms with Crippen LogP contribution >= 0.6 is 0 Å². The molecule has 14 heteroatoms. The van der Waals surface area contributed by atoms with Crippen LogP contribution in [-0.2, 0) is 28.1 Å². The van der Waals surface area contributed by atoms with Crippen LogP contribution in [0.5, 0.6) is 0 Å². The molecule has 0 spiro atoms. The van der Waals surface area contributed by atoms with Crippen LogP contribution in [0.3, 0.4) is 0 Å². The number of alkyl halides is 9. The molecule has 38 heavy (non-hydrogen) atoms. The number of carboxylic acid groups (broad SMARTS) is 1. The van der Waals surface area contributed by atoms with Gasteiger partial charge in [-0.05, 0) is 60.4 Å². The fraction of sp³-hybridized carbons (Fsp3) is 0.417. The molecular formula is C24H20F9NO4. The monoisotopic (exact) mass is 557 g/mol. The van der Waals surface area contributed by atoms with Gasteiger partial charge in [0.25, 0.3) is 0 Å². The number of rotatable bonds is 4. The second-order valence-electron chi connectivity index (χ2n) is 8.67. The summed E-state index contributed by atoms with van der Waals surface area (Å²) in [6.07, 6.45) is -17.3. The van der Waals surface area contributed by atoms with Gasteiger partial charge in [0.15, 0.2) is 0 Å². The van der Waals surface area contributed by atoms with Gasteiger partial charge in [-0.15, -0.1) is 0 Å². The smallest absolute Gasteiger partial charge is 0.416 e. The Morgan fingerprint density at radius 1 is 0.921 bits per heavy atom. The summed E-state index contributed by atoms with van der Waals surface area (Å²) in [6.45, 7) is 1.53. The summed E-state index contributed by atoms with van der Waals surface area (Å²) in [4.78, 5) is 25.6. The highest BCUT2D eigenvalue weighted by Crippen LogP contribution is 2.50. The van der Waals surface area contributed by atoms with Crippen molar-refractivity contribution in [1.29, 1.82) is 0 Å². The van der Waals surface area contributed by atoms with Gasteiger partial charge in [-0.25, -0.2) is 4.79 Å². The standard InChI is InChI=1S/C24H20F9NO4/c1-3-15-10-17(16-9-12(22(25,26)27)4-5-18(16)34(15)21(36)37)19(20(35)38-2)11-6-13(23(28,29)30)8-14(7-11)24(31,32)33/h4-9,15,17,19H,3,10H2,1-2H3,(H,36,37). The first-order valence-corrected chi connectivity index (χ1v) is 11.0. The number of fused-ring (bicyclic) bond motifs is 1. The van der Waals surface area contributed by atoms with Crippen molar-refractivity contribution in [2.45, 2.75) is 56.2 Å². The molecule has 1 amide bonds. The molecule has 0 saturated heterocycles. The summed E-state index contributed by atoms with van der Waals surface area (Å²) in [6, 6.07) is 1.53. The molecule has 3 unspecified atom stereocenters. The van der Waals surface area contributed by atoms with Crippen molar-refractivity contribution in [1.82, 2.24) is 0 Å². The highest BCUT2D eigenvalue weighted by molar-refractivity contribution is 5.90. The van der Waals surface area contributed by atoms with E-state index in [9.17, 15) is 54.2 Å². The minimum Gasteiger partial charge on any atom is -0.469 e. The number of benzene rings is 2. The van der Waals surface area contributed by atoms with Gasteiger partial charge >= 0.3 is 30.6 Å². The first kappa shape index (κ1) is 29.1. The predicted molar refractivity (Wildman–Crippen MR) is 115 cm³/mol. The number of methoxy groups -OCH3 is 1. The molecule has 0 radical (unpaired) electrons. The van der Waals surface area contributed by atoms with E-state index in [1.807, 2.05) is 0 Å². The Labute approximate surface area is 209 Å². The number of carbonyl (C=O) groups excluding carboxylic acids is 1. The molecule has 0 bridgehead atoms. The highest BCUT2D eigenvalue weighted by Gasteiger charge is 2.45. The van der Waals surface area contributed by atoms with E-state index < -0.39 is 70.7 Å². The Bertz CT molecular complexity index is 1190. The number of anilines is 1. The summed E-state index contributed by atoms with van der Waals surface area (Å²) < 4.78 is 126. The molecule has 1 aliphatic heterocycles. The summed E-state index contributed by atoms with van der Waals surface area (Å²) >= 11 is 0. The third-order valence-electron chi connectivity index (χ3n) is 6.41. The minimum absolute atomic E-state index is 0.0769. The van der Waals surface area contributed by atoms with Gasteiger partial charge in [0.1, 0.15) is 0 Å². The van der Waals surface area contributed by atoms with E-state index in [4.69, 9.17) is 0 Å². The molecule has 2 aromatic carbocycles. The number of amides is 1. The largest absolute Gasteiger partial charge is 0.469 e. The SMILES string of the molecule is CCC1CC(C(C(=O)OC)c2cc(C(F)(F)F)cc(C(F)(F)F)c2)c2cc(C(F)(F)F)ccc2N1C(=O)O. The Kier molecular flexibility index (Phi) is 7.68. The van der Waals surface area contributed by atoms with Crippen LogP contribution in [0, 0.1) is 0 Å². The predicted octanol–water partition coefficient (Wildman–Crippen LogP) is 7.45. The van der Waals surface area contributed by atoms with Gasteiger partial charge in [0.05, 0.1) is 35.4 Å². The van der Waals surface area contributed by atoms with Crippen LogP contribution in [0.1, 0.15) is 59.4 Å². The maximum atomic E-state index is 13.5. The Morgan fingerprint density at radius 3 is 1.87 bits per heavy atom. The lowest BCUT2D eigenvalue weighted by Crippen LogP contribution is -2.45. The fourth-order valence-electron chi connectivity index (χ4n) is 4.71. The zero-order valence-corrected chi connectivity index (χ0v) is 19.6. The van der Waals surface area contributed by atoms with E-state index in [0.29, 0.717) is 24.3 Å². The number of halogens is 9. The van der Waals surface area contributed by atoms with Crippen molar-refractivity contribution < 1.29 is 58.9 Å². The summed E-state index contributed by atoms with van der Waals surface area (Å²) in [5.41, 5.74) is -6.14. The Morgan fingerprint density at radius 2 is 1.45 bits per heavy atom. The van der Waals surface area contributed by atoms with Gasteiger partial charge in [-0.1, -0.05) is 6.92 Å². The normalized spacial score (nSPS) is 19.1. The fourth-order valence-corrected chi connectivity index (χ4v) is 4.71. The molecular weight excluding hydrogens is 537 g/mol. The maximum Gasteiger partial charge on any atom is 0.416 e. The summed E-state index contributed by atoms with van der Waals surface area (Å²) in [5, 5.41) is 9.73. The maximum absolute atomic E-state index is 13.5. The summed E-state index contributed by atoms with van der Waals surface area (Å²) in [7, 11) is 0.824. The molecule has 5 nitrogen and oxygen atoms in total.